The molecule has 1 heterocycles. The van der Waals surface area contributed by atoms with Crippen LogP contribution in [0.2, 0.25) is 0 Å². The summed E-state index contributed by atoms with van der Waals surface area (Å²) < 4.78 is 0. The van der Waals surface area contributed by atoms with Gasteiger partial charge in [0.2, 0.25) is 5.91 Å². The lowest BCUT2D eigenvalue weighted by atomic mass is 10.0. The van der Waals surface area contributed by atoms with Crippen molar-refractivity contribution in [2.24, 2.45) is 0 Å². The van der Waals surface area contributed by atoms with E-state index in [1.54, 1.807) is 0 Å². The minimum Gasteiger partial charge on any atom is -0.342 e. The van der Waals surface area contributed by atoms with Gasteiger partial charge in [-0.1, -0.05) is 24.3 Å². The lowest BCUT2D eigenvalue weighted by Crippen LogP contribution is -2.44. The maximum absolute atomic E-state index is 12.3. The summed E-state index contributed by atoms with van der Waals surface area (Å²) in [6.45, 7) is 2.05. The van der Waals surface area contributed by atoms with E-state index in [9.17, 15) is 4.79 Å². The Morgan fingerprint density at radius 2 is 1.76 bits per heavy atom. The largest absolute Gasteiger partial charge is 0.342 e. The number of likely N-dealkylation sites (N-methyl/N-ethyl adjacent to an activating group) is 1. The van der Waals surface area contributed by atoms with Crippen molar-refractivity contribution in [3.63, 3.8) is 0 Å². The van der Waals surface area contributed by atoms with Gasteiger partial charge in [-0.05, 0) is 55.8 Å². The van der Waals surface area contributed by atoms with E-state index in [0.717, 1.165) is 37.4 Å². The Morgan fingerprint density at radius 3 is 2.33 bits per heavy atom. The minimum atomic E-state index is 0. The van der Waals surface area contributed by atoms with Crippen molar-refractivity contribution in [1.29, 1.82) is 0 Å². The van der Waals surface area contributed by atoms with Crippen LogP contribution in [0.5, 0.6) is 0 Å². The molecule has 1 aliphatic carbocycles. The lowest BCUT2D eigenvalue weighted by Gasteiger charge is -2.31. The molecule has 3 nitrogen and oxygen atoms in total. The second-order valence-electron chi connectivity index (χ2n) is 6.18. The van der Waals surface area contributed by atoms with Crippen LogP contribution < -0.4 is 5.32 Å². The number of benzene rings is 1. The highest BCUT2D eigenvalue weighted by atomic mass is 35.5. The predicted octanol–water partition coefficient (Wildman–Crippen LogP) is 2.74. The fourth-order valence-electron chi connectivity index (χ4n) is 3.02. The van der Waals surface area contributed by atoms with E-state index in [2.05, 4.69) is 29.6 Å². The van der Waals surface area contributed by atoms with Gasteiger partial charge in [0.15, 0.2) is 0 Å². The summed E-state index contributed by atoms with van der Waals surface area (Å²) >= 11 is 0. The van der Waals surface area contributed by atoms with E-state index in [-0.39, 0.29) is 18.3 Å². The van der Waals surface area contributed by atoms with Crippen LogP contribution in [-0.4, -0.2) is 37.0 Å². The molecule has 4 heteroatoms. The Hall–Kier alpha value is -1.06. The van der Waals surface area contributed by atoms with E-state index >= 15 is 0 Å². The summed E-state index contributed by atoms with van der Waals surface area (Å²) in [7, 11) is 1.96. The first-order chi connectivity index (χ1) is 9.74. The van der Waals surface area contributed by atoms with Crippen molar-refractivity contribution in [3.8, 4) is 0 Å². The number of piperidine rings is 1. The number of carbonyl (C=O) groups is 1. The van der Waals surface area contributed by atoms with Gasteiger partial charge >= 0.3 is 0 Å². The highest BCUT2D eigenvalue weighted by Crippen LogP contribution is 2.39. The molecule has 2 aliphatic rings. The van der Waals surface area contributed by atoms with Gasteiger partial charge in [0.05, 0.1) is 6.42 Å². The molecule has 0 aromatic heterocycles. The monoisotopic (exact) mass is 308 g/mol. The Morgan fingerprint density at radius 1 is 1.14 bits per heavy atom. The summed E-state index contributed by atoms with van der Waals surface area (Å²) in [6.07, 6.45) is 5.34. The first kappa shape index (κ1) is 16.3. The Bertz CT molecular complexity index is 464. The molecule has 0 spiro atoms. The molecule has 0 atom stereocenters. The molecular formula is C17H25ClN2O. The van der Waals surface area contributed by atoms with Gasteiger partial charge in [0.25, 0.3) is 0 Å². The van der Waals surface area contributed by atoms with E-state index in [0.29, 0.717) is 12.5 Å². The molecule has 1 saturated carbocycles. The molecule has 0 radical (unpaired) electrons. The summed E-state index contributed by atoms with van der Waals surface area (Å²) in [5, 5.41) is 3.34. The molecule has 1 amide bonds. The van der Waals surface area contributed by atoms with Crippen LogP contribution in [-0.2, 0) is 11.2 Å². The van der Waals surface area contributed by atoms with Crippen molar-refractivity contribution in [3.05, 3.63) is 35.4 Å². The molecule has 1 N–H and O–H groups in total. The van der Waals surface area contributed by atoms with E-state index < -0.39 is 0 Å². The Labute approximate surface area is 133 Å². The molecule has 0 bridgehead atoms. The summed E-state index contributed by atoms with van der Waals surface area (Å²) in [6, 6.07) is 9.06. The van der Waals surface area contributed by atoms with Gasteiger partial charge in [0, 0.05) is 13.1 Å². The SMILES string of the molecule is CN(C(=O)Cc1ccc(C2CC2)cc1)C1CCNCC1.Cl. The molecule has 3 rings (SSSR count). The molecule has 2 fully saturated rings. The third kappa shape index (κ3) is 4.21. The van der Waals surface area contributed by atoms with Crippen molar-refractivity contribution in [1.82, 2.24) is 10.2 Å². The number of hydrogen-bond acceptors (Lipinski definition) is 2. The number of amides is 1. The van der Waals surface area contributed by atoms with E-state index in [1.807, 2.05) is 11.9 Å². The summed E-state index contributed by atoms with van der Waals surface area (Å²) in [4.78, 5) is 14.3. The van der Waals surface area contributed by atoms with E-state index in [1.165, 1.54) is 18.4 Å². The number of rotatable bonds is 4. The van der Waals surface area contributed by atoms with Crippen LogP contribution >= 0.6 is 12.4 Å². The third-order valence-corrected chi connectivity index (χ3v) is 4.63. The quantitative estimate of drug-likeness (QED) is 0.927. The lowest BCUT2D eigenvalue weighted by molar-refractivity contribution is -0.131. The summed E-state index contributed by atoms with van der Waals surface area (Å²) in [5.74, 6) is 1.04. The molecule has 21 heavy (non-hydrogen) atoms. The standard InChI is InChI=1S/C17H24N2O.ClH/c1-19(16-8-10-18-11-9-16)17(20)12-13-2-4-14(5-3-13)15-6-7-15;/h2-5,15-16,18H,6-12H2,1H3;1H. The van der Waals surface area contributed by atoms with Gasteiger partial charge in [-0.25, -0.2) is 0 Å². The average Bonchev–Trinajstić information content (AvgIpc) is 3.33. The van der Waals surface area contributed by atoms with Gasteiger partial charge < -0.3 is 10.2 Å². The fraction of sp³-hybridized carbons (Fsp3) is 0.588. The Balaban J connectivity index is 0.00000161. The van der Waals surface area contributed by atoms with Gasteiger partial charge in [-0.2, -0.15) is 0 Å². The van der Waals surface area contributed by atoms with Gasteiger partial charge in [-0.3, -0.25) is 4.79 Å². The summed E-state index contributed by atoms with van der Waals surface area (Å²) in [5.41, 5.74) is 2.58. The maximum atomic E-state index is 12.3. The van der Waals surface area contributed by atoms with Crippen LogP contribution in [0.25, 0.3) is 0 Å². The normalized spacial score (nSPS) is 18.9. The second kappa shape index (κ2) is 7.28. The second-order valence-corrected chi connectivity index (χ2v) is 6.18. The molecule has 116 valence electrons. The van der Waals surface area contributed by atoms with Crippen molar-refractivity contribution in [2.45, 2.75) is 44.1 Å². The molecule has 1 saturated heterocycles. The third-order valence-electron chi connectivity index (χ3n) is 4.63. The predicted molar refractivity (Wildman–Crippen MR) is 88.0 cm³/mol. The highest BCUT2D eigenvalue weighted by molar-refractivity contribution is 5.85. The zero-order chi connectivity index (χ0) is 13.9. The number of hydrogen-bond donors (Lipinski definition) is 1. The van der Waals surface area contributed by atoms with Gasteiger partial charge in [0.1, 0.15) is 0 Å². The molecular weight excluding hydrogens is 284 g/mol. The first-order valence-electron chi connectivity index (χ1n) is 7.79. The zero-order valence-corrected chi connectivity index (χ0v) is 13.5. The molecule has 1 aromatic rings. The van der Waals surface area contributed by atoms with Gasteiger partial charge in [-0.15, -0.1) is 12.4 Å². The highest BCUT2D eigenvalue weighted by Gasteiger charge is 2.24. The fourth-order valence-corrected chi connectivity index (χ4v) is 3.02. The van der Waals surface area contributed by atoms with Crippen LogP contribution in [0.15, 0.2) is 24.3 Å². The topological polar surface area (TPSA) is 32.3 Å². The Kier molecular flexibility index (Phi) is 5.65. The average molecular weight is 309 g/mol. The van der Waals surface area contributed by atoms with Crippen molar-refractivity contribution in [2.75, 3.05) is 20.1 Å². The van der Waals surface area contributed by atoms with E-state index in [4.69, 9.17) is 0 Å². The number of halogens is 1. The van der Waals surface area contributed by atoms with Crippen LogP contribution in [0.4, 0.5) is 0 Å². The minimum absolute atomic E-state index is 0. The number of nitrogens with one attached hydrogen (secondary N) is 1. The number of carbonyl (C=O) groups excluding carboxylic acids is 1. The molecule has 1 aliphatic heterocycles. The first-order valence-corrected chi connectivity index (χ1v) is 7.79. The zero-order valence-electron chi connectivity index (χ0n) is 12.7. The van der Waals surface area contributed by atoms with Crippen LogP contribution in [0.3, 0.4) is 0 Å². The van der Waals surface area contributed by atoms with Crippen molar-refractivity contribution >= 4 is 18.3 Å². The molecule has 0 unspecified atom stereocenters. The molecule has 1 aromatic carbocycles. The van der Waals surface area contributed by atoms with Crippen LogP contribution in [0.1, 0.15) is 42.7 Å². The maximum Gasteiger partial charge on any atom is 0.226 e. The van der Waals surface area contributed by atoms with Crippen molar-refractivity contribution < 1.29 is 4.79 Å². The smallest absolute Gasteiger partial charge is 0.226 e. The van der Waals surface area contributed by atoms with Crippen LogP contribution in [0, 0.1) is 0 Å². The number of nitrogens with zero attached hydrogens (tertiary/aromatic N) is 1.